The van der Waals surface area contributed by atoms with Crippen molar-refractivity contribution in [2.75, 3.05) is 27.3 Å². The summed E-state index contributed by atoms with van der Waals surface area (Å²) in [5.74, 6) is -0.416. The molecular formula is C15H20ClNO3. The van der Waals surface area contributed by atoms with Crippen molar-refractivity contribution in [3.05, 3.63) is 34.9 Å². The second-order valence-corrected chi connectivity index (χ2v) is 5.44. The predicted octanol–water partition coefficient (Wildman–Crippen LogP) is 2.49. The van der Waals surface area contributed by atoms with Gasteiger partial charge in [0, 0.05) is 45.2 Å². The highest BCUT2D eigenvalue weighted by atomic mass is 35.5. The fraction of sp³-hybridized carbons (Fsp3) is 0.533. The van der Waals surface area contributed by atoms with Crippen molar-refractivity contribution >= 4 is 17.5 Å². The molecule has 1 aromatic carbocycles. The van der Waals surface area contributed by atoms with Gasteiger partial charge < -0.3 is 14.4 Å². The maximum absolute atomic E-state index is 12.3. The Morgan fingerprint density at radius 3 is 2.50 bits per heavy atom. The first-order chi connectivity index (χ1) is 9.58. The molecular weight excluding hydrogens is 278 g/mol. The lowest BCUT2D eigenvalue weighted by atomic mass is 10.0. The average molecular weight is 298 g/mol. The Kier molecular flexibility index (Phi) is 5.02. The molecule has 1 heterocycles. The van der Waals surface area contributed by atoms with Crippen molar-refractivity contribution in [1.82, 2.24) is 4.90 Å². The summed E-state index contributed by atoms with van der Waals surface area (Å²) in [7, 11) is 3.29. The molecule has 1 fully saturated rings. The molecule has 1 aliphatic heterocycles. The standard InChI is InChI=1S/C15H20ClNO3/c1-19-15(20-2)6-8-17(9-7-15)14(18)11-12-4-3-5-13(16)10-12/h3-5,10H,6-9,11H2,1-2H3. The number of carbonyl (C=O) groups excluding carboxylic acids is 1. The van der Waals surface area contributed by atoms with Crippen LogP contribution in [0, 0.1) is 0 Å². The van der Waals surface area contributed by atoms with Crippen molar-refractivity contribution in [2.24, 2.45) is 0 Å². The van der Waals surface area contributed by atoms with Gasteiger partial charge in [-0.05, 0) is 17.7 Å². The maximum atomic E-state index is 12.3. The van der Waals surface area contributed by atoms with E-state index in [0.29, 0.717) is 37.4 Å². The minimum Gasteiger partial charge on any atom is -0.353 e. The summed E-state index contributed by atoms with van der Waals surface area (Å²) in [5, 5.41) is 0.659. The zero-order chi connectivity index (χ0) is 14.6. The number of hydrogen-bond acceptors (Lipinski definition) is 3. The van der Waals surface area contributed by atoms with Crippen LogP contribution in [0.2, 0.25) is 5.02 Å². The van der Waals surface area contributed by atoms with Crippen LogP contribution < -0.4 is 0 Å². The van der Waals surface area contributed by atoms with Crippen LogP contribution in [0.1, 0.15) is 18.4 Å². The topological polar surface area (TPSA) is 38.8 Å². The normalized spacial score (nSPS) is 18.1. The molecule has 1 saturated heterocycles. The van der Waals surface area contributed by atoms with E-state index >= 15 is 0 Å². The van der Waals surface area contributed by atoms with Gasteiger partial charge in [0.25, 0.3) is 0 Å². The van der Waals surface area contributed by atoms with Crippen molar-refractivity contribution in [2.45, 2.75) is 25.0 Å². The van der Waals surface area contributed by atoms with Gasteiger partial charge in [0.2, 0.25) is 5.91 Å². The Morgan fingerprint density at radius 2 is 1.95 bits per heavy atom. The van der Waals surface area contributed by atoms with Crippen LogP contribution in [-0.4, -0.2) is 43.9 Å². The zero-order valence-electron chi connectivity index (χ0n) is 11.9. The molecule has 0 radical (unpaired) electrons. The van der Waals surface area contributed by atoms with Crippen LogP contribution in [0.3, 0.4) is 0 Å². The van der Waals surface area contributed by atoms with E-state index in [4.69, 9.17) is 21.1 Å². The first-order valence-electron chi connectivity index (χ1n) is 6.71. The number of nitrogens with zero attached hydrogens (tertiary/aromatic N) is 1. The molecule has 2 rings (SSSR count). The van der Waals surface area contributed by atoms with E-state index in [1.54, 1.807) is 14.2 Å². The van der Waals surface area contributed by atoms with E-state index in [2.05, 4.69) is 0 Å². The molecule has 0 spiro atoms. The highest BCUT2D eigenvalue weighted by Crippen LogP contribution is 2.26. The van der Waals surface area contributed by atoms with Crippen LogP contribution >= 0.6 is 11.6 Å². The molecule has 0 N–H and O–H groups in total. The second-order valence-electron chi connectivity index (χ2n) is 5.01. The first-order valence-corrected chi connectivity index (χ1v) is 7.09. The lowest BCUT2D eigenvalue weighted by Gasteiger charge is -2.39. The smallest absolute Gasteiger partial charge is 0.226 e. The number of carbonyl (C=O) groups is 1. The molecule has 0 saturated carbocycles. The number of benzene rings is 1. The van der Waals surface area contributed by atoms with Crippen LogP contribution in [0.5, 0.6) is 0 Å². The minimum atomic E-state index is -0.535. The van der Waals surface area contributed by atoms with Crippen LogP contribution in [0.4, 0.5) is 0 Å². The van der Waals surface area contributed by atoms with Crippen LogP contribution in [0.25, 0.3) is 0 Å². The first kappa shape index (κ1) is 15.3. The van der Waals surface area contributed by atoms with Gasteiger partial charge in [0.1, 0.15) is 0 Å². The third kappa shape index (κ3) is 3.51. The molecule has 5 heteroatoms. The number of methoxy groups -OCH3 is 2. The van der Waals surface area contributed by atoms with Gasteiger partial charge in [0.05, 0.1) is 6.42 Å². The number of halogens is 1. The number of ether oxygens (including phenoxy) is 2. The molecule has 0 aliphatic carbocycles. The third-order valence-corrected chi connectivity index (χ3v) is 4.10. The summed E-state index contributed by atoms with van der Waals surface area (Å²) in [6.07, 6.45) is 1.77. The van der Waals surface area contributed by atoms with Gasteiger partial charge in [0.15, 0.2) is 5.79 Å². The van der Waals surface area contributed by atoms with Gasteiger partial charge in [-0.15, -0.1) is 0 Å². The Balaban J connectivity index is 1.92. The molecule has 4 nitrogen and oxygen atoms in total. The minimum absolute atomic E-state index is 0.119. The summed E-state index contributed by atoms with van der Waals surface area (Å²) in [6, 6.07) is 7.42. The van der Waals surface area contributed by atoms with Crippen molar-refractivity contribution < 1.29 is 14.3 Å². The zero-order valence-corrected chi connectivity index (χ0v) is 12.7. The van der Waals surface area contributed by atoms with E-state index in [0.717, 1.165) is 5.56 Å². The quantitative estimate of drug-likeness (QED) is 0.802. The SMILES string of the molecule is COC1(OC)CCN(C(=O)Cc2cccc(Cl)c2)CC1. The molecule has 1 aromatic rings. The molecule has 0 aromatic heterocycles. The molecule has 0 unspecified atom stereocenters. The Labute approximate surface area is 124 Å². The second kappa shape index (κ2) is 6.57. The van der Waals surface area contributed by atoms with Crippen LogP contribution in [0.15, 0.2) is 24.3 Å². The number of piperidine rings is 1. The predicted molar refractivity (Wildman–Crippen MR) is 77.7 cm³/mol. The van der Waals surface area contributed by atoms with E-state index in [9.17, 15) is 4.79 Å². The van der Waals surface area contributed by atoms with Crippen molar-refractivity contribution in [3.8, 4) is 0 Å². The number of amides is 1. The summed E-state index contributed by atoms with van der Waals surface area (Å²) in [5.41, 5.74) is 0.942. The lowest BCUT2D eigenvalue weighted by Crippen LogP contribution is -2.49. The van der Waals surface area contributed by atoms with E-state index in [1.807, 2.05) is 29.2 Å². The van der Waals surface area contributed by atoms with Gasteiger partial charge in [-0.3, -0.25) is 4.79 Å². The number of likely N-dealkylation sites (tertiary alicyclic amines) is 1. The summed E-state index contributed by atoms with van der Waals surface area (Å²) in [4.78, 5) is 14.1. The monoisotopic (exact) mass is 297 g/mol. The fourth-order valence-electron chi connectivity index (χ4n) is 2.52. The number of rotatable bonds is 4. The summed E-state index contributed by atoms with van der Waals surface area (Å²) in [6.45, 7) is 1.31. The van der Waals surface area contributed by atoms with Crippen molar-refractivity contribution in [3.63, 3.8) is 0 Å². The highest BCUT2D eigenvalue weighted by Gasteiger charge is 2.35. The van der Waals surface area contributed by atoms with E-state index in [-0.39, 0.29) is 5.91 Å². The molecule has 1 amide bonds. The van der Waals surface area contributed by atoms with Gasteiger partial charge in [-0.25, -0.2) is 0 Å². The Hall–Kier alpha value is -1.10. The van der Waals surface area contributed by atoms with Crippen LogP contribution in [-0.2, 0) is 20.7 Å². The summed E-state index contributed by atoms with van der Waals surface area (Å²) >= 11 is 5.93. The molecule has 20 heavy (non-hydrogen) atoms. The largest absolute Gasteiger partial charge is 0.353 e. The average Bonchev–Trinajstić information content (AvgIpc) is 2.47. The fourth-order valence-corrected chi connectivity index (χ4v) is 2.73. The summed E-state index contributed by atoms with van der Waals surface area (Å²) < 4.78 is 10.8. The molecule has 1 aliphatic rings. The van der Waals surface area contributed by atoms with E-state index in [1.165, 1.54) is 0 Å². The Bertz CT molecular complexity index is 464. The lowest BCUT2D eigenvalue weighted by molar-refractivity contribution is -0.228. The highest BCUT2D eigenvalue weighted by molar-refractivity contribution is 6.30. The Morgan fingerprint density at radius 1 is 1.30 bits per heavy atom. The van der Waals surface area contributed by atoms with E-state index < -0.39 is 5.79 Å². The maximum Gasteiger partial charge on any atom is 0.226 e. The molecule has 0 bridgehead atoms. The van der Waals surface area contributed by atoms with Crippen molar-refractivity contribution in [1.29, 1.82) is 0 Å². The van der Waals surface area contributed by atoms with Gasteiger partial charge >= 0.3 is 0 Å². The van der Waals surface area contributed by atoms with Gasteiger partial charge in [-0.2, -0.15) is 0 Å². The molecule has 110 valence electrons. The molecule has 0 atom stereocenters. The van der Waals surface area contributed by atoms with Gasteiger partial charge in [-0.1, -0.05) is 23.7 Å². The third-order valence-electron chi connectivity index (χ3n) is 3.87. The number of hydrogen-bond donors (Lipinski definition) is 0.